The summed E-state index contributed by atoms with van der Waals surface area (Å²) in [6.45, 7) is 0. The molecule has 0 atom stereocenters. The molecule has 0 bridgehead atoms. The molecule has 0 radical (unpaired) electrons. The second kappa shape index (κ2) is 9.17. The molecule has 8 heteroatoms. The molecule has 0 fully saturated rings. The third-order valence-corrected chi connectivity index (χ3v) is 4.08. The van der Waals surface area contributed by atoms with E-state index in [1.807, 2.05) is 0 Å². The third-order valence-electron chi connectivity index (χ3n) is 4.08. The SMILES string of the molecule is O=C(O)/C(=C\c1cccc(Oc2cccc(C(F)(F)F)c2)c1)NC(=O)c1ccccc1. The van der Waals surface area contributed by atoms with Crippen LogP contribution in [-0.4, -0.2) is 17.0 Å². The Morgan fingerprint density at radius 2 is 1.52 bits per heavy atom. The Balaban J connectivity index is 1.81. The van der Waals surface area contributed by atoms with Gasteiger partial charge in [0.15, 0.2) is 0 Å². The normalized spacial score (nSPS) is 11.6. The van der Waals surface area contributed by atoms with Crippen molar-refractivity contribution in [3.8, 4) is 11.5 Å². The van der Waals surface area contributed by atoms with Gasteiger partial charge < -0.3 is 15.2 Å². The largest absolute Gasteiger partial charge is 0.477 e. The van der Waals surface area contributed by atoms with Crippen LogP contribution >= 0.6 is 0 Å². The average Bonchev–Trinajstić information content (AvgIpc) is 2.73. The van der Waals surface area contributed by atoms with Gasteiger partial charge in [-0.2, -0.15) is 13.2 Å². The van der Waals surface area contributed by atoms with Crippen LogP contribution < -0.4 is 10.1 Å². The van der Waals surface area contributed by atoms with Gasteiger partial charge in [-0.25, -0.2) is 4.79 Å². The van der Waals surface area contributed by atoms with E-state index >= 15 is 0 Å². The molecule has 0 aromatic heterocycles. The fourth-order valence-electron chi connectivity index (χ4n) is 2.64. The van der Waals surface area contributed by atoms with Crippen molar-refractivity contribution in [1.82, 2.24) is 5.32 Å². The molecule has 0 unspecified atom stereocenters. The smallest absolute Gasteiger partial charge is 0.416 e. The number of rotatable bonds is 6. The molecule has 2 N–H and O–H groups in total. The van der Waals surface area contributed by atoms with Gasteiger partial charge in [-0.05, 0) is 54.1 Å². The summed E-state index contributed by atoms with van der Waals surface area (Å²) in [5, 5.41) is 11.8. The Bertz CT molecular complexity index is 1120. The number of aliphatic carboxylic acids is 1. The van der Waals surface area contributed by atoms with Gasteiger partial charge in [-0.15, -0.1) is 0 Å². The van der Waals surface area contributed by atoms with E-state index in [2.05, 4.69) is 5.32 Å². The number of nitrogens with one attached hydrogen (secondary N) is 1. The van der Waals surface area contributed by atoms with Crippen molar-refractivity contribution in [2.75, 3.05) is 0 Å². The molecule has 0 saturated heterocycles. The van der Waals surface area contributed by atoms with E-state index in [4.69, 9.17) is 4.74 Å². The van der Waals surface area contributed by atoms with E-state index < -0.39 is 23.6 Å². The Hall–Kier alpha value is -4.07. The first kappa shape index (κ1) is 21.6. The first-order chi connectivity index (χ1) is 14.7. The lowest BCUT2D eigenvalue weighted by Crippen LogP contribution is -2.27. The molecule has 1 amide bonds. The second-order valence-corrected chi connectivity index (χ2v) is 6.38. The predicted octanol–water partition coefficient (Wildman–Crippen LogP) is 5.35. The topological polar surface area (TPSA) is 75.6 Å². The number of ether oxygens (including phenoxy) is 1. The van der Waals surface area contributed by atoms with E-state index in [1.54, 1.807) is 42.5 Å². The highest BCUT2D eigenvalue weighted by Crippen LogP contribution is 2.32. The van der Waals surface area contributed by atoms with Crippen molar-refractivity contribution in [2.45, 2.75) is 6.18 Å². The first-order valence-corrected chi connectivity index (χ1v) is 8.99. The molecule has 0 aliphatic rings. The van der Waals surface area contributed by atoms with Crippen LogP contribution in [0.15, 0.2) is 84.6 Å². The summed E-state index contributed by atoms with van der Waals surface area (Å²) in [5.41, 5.74) is -0.561. The number of alkyl halides is 3. The van der Waals surface area contributed by atoms with Crippen LogP contribution in [0.5, 0.6) is 11.5 Å². The van der Waals surface area contributed by atoms with Gasteiger partial charge in [0.05, 0.1) is 5.56 Å². The van der Waals surface area contributed by atoms with Crippen molar-refractivity contribution in [3.63, 3.8) is 0 Å². The lowest BCUT2D eigenvalue weighted by molar-refractivity contribution is -0.137. The monoisotopic (exact) mass is 427 g/mol. The maximum absolute atomic E-state index is 12.9. The number of carbonyl (C=O) groups is 2. The summed E-state index contributed by atoms with van der Waals surface area (Å²) in [4.78, 5) is 23.8. The summed E-state index contributed by atoms with van der Waals surface area (Å²) in [6, 6.07) is 18.6. The molecule has 0 heterocycles. The standard InChI is InChI=1S/C23H16F3NO4/c24-23(25,26)17-9-5-11-19(14-17)31-18-10-4-6-15(12-18)13-20(22(29)30)27-21(28)16-7-2-1-3-8-16/h1-14H,(H,27,28)(H,29,30)/b20-13+. The summed E-state index contributed by atoms with van der Waals surface area (Å²) in [6.07, 6.45) is -3.28. The zero-order chi connectivity index (χ0) is 22.4. The fraction of sp³-hybridized carbons (Fsp3) is 0.0435. The van der Waals surface area contributed by atoms with Crippen LogP contribution in [0.25, 0.3) is 6.08 Å². The third kappa shape index (κ3) is 5.96. The van der Waals surface area contributed by atoms with Crippen LogP contribution in [0, 0.1) is 0 Å². The number of hydrogen-bond donors (Lipinski definition) is 2. The van der Waals surface area contributed by atoms with Crippen LogP contribution in [0.3, 0.4) is 0 Å². The molecule has 31 heavy (non-hydrogen) atoms. The summed E-state index contributed by atoms with van der Waals surface area (Å²) in [5.74, 6) is -1.77. The number of halogens is 3. The number of benzene rings is 3. The Kier molecular flexibility index (Phi) is 6.40. The Morgan fingerprint density at radius 3 is 2.16 bits per heavy atom. The minimum absolute atomic E-state index is 0.0215. The summed E-state index contributed by atoms with van der Waals surface area (Å²) in [7, 11) is 0. The molecule has 0 aliphatic carbocycles. The van der Waals surface area contributed by atoms with Crippen molar-refractivity contribution in [3.05, 3.63) is 101 Å². The average molecular weight is 427 g/mol. The molecule has 0 saturated carbocycles. The minimum Gasteiger partial charge on any atom is -0.477 e. The van der Waals surface area contributed by atoms with Crippen molar-refractivity contribution < 1.29 is 32.6 Å². The van der Waals surface area contributed by atoms with Gasteiger partial charge in [0.2, 0.25) is 0 Å². The van der Waals surface area contributed by atoms with E-state index in [0.717, 1.165) is 12.1 Å². The van der Waals surface area contributed by atoms with Gasteiger partial charge in [-0.3, -0.25) is 4.79 Å². The summed E-state index contributed by atoms with van der Waals surface area (Å²) < 4.78 is 44.1. The lowest BCUT2D eigenvalue weighted by atomic mass is 10.1. The lowest BCUT2D eigenvalue weighted by Gasteiger charge is -2.11. The highest BCUT2D eigenvalue weighted by molar-refractivity contribution is 6.02. The zero-order valence-electron chi connectivity index (χ0n) is 15.9. The van der Waals surface area contributed by atoms with Gasteiger partial charge in [0, 0.05) is 5.56 Å². The highest BCUT2D eigenvalue weighted by Gasteiger charge is 2.30. The van der Waals surface area contributed by atoms with Gasteiger partial charge >= 0.3 is 12.1 Å². The minimum atomic E-state index is -4.50. The molecule has 0 spiro atoms. The molecule has 0 aliphatic heterocycles. The summed E-state index contributed by atoms with van der Waals surface area (Å²) >= 11 is 0. The van der Waals surface area contributed by atoms with Crippen molar-refractivity contribution >= 4 is 18.0 Å². The van der Waals surface area contributed by atoms with E-state index in [-0.39, 0.29) is 22.8 Å². The molecule has 158 valence electrons. The van der Waals surface area contributed by atoms with E-state index in [1.165, 1.54) is 30.3 Å². The molecule has 5 nitrogen and oxygen atoms in total. The maximum Gasteiger partial charge on any atom is 0.416 e. The molecule has 3 aromatic rings. The quantitative estimate of drug-likeness (QED) is 0.520. The van der Waals surface area contributed by atoms with Gasteiger partial charge in [0.25, 0.3) is 5.91 Å². The van der Waals surface area contributed by atoms with E-state index in [9.17, 15) is 27.9 Å². The van der Waals surface area contributed by atoms with Crippen molar-refractivity contribution in [2.24, 2.45) is 0 Å². The first-order valence-electron chi connectivity index (χ1n) is 8.99. The van der Waals surface area contributed by atoms with Crippen LogP contribution in [0.4, 0.5) is 13.2 Å². The molecule has 3 aromatic carbocycles. The predicted molar refractivity (Wildman–Crippen MR) is 107 cm³/mol. The highest BCUT2D eigenvalue weighted by atomic mass is 19.4. The Morgan fingerprint density at radius 1 is 0.871 bits per heavy atom. The fourth-order valence-corrected chi connectivity index (χ4v) is 2.64. The number of hydrogen-bond acceptors (Lipinski definition) is 3. The van der Waals surface area contributed by atoms with Crippen LogP contribution in [-0.2, 0) is 11.0 Å². The number of carbonyl (C=O) groups excluding carboxylic acids is 1. The van der Waals surface area contributed by atoms with Crippen molar-refractivity contribution in [1.29, 1.82) is 0 Å². The molecular formula is C23H16F3NO4. The number of carboxylic acids is 1. The van der Waals surface area contributed by atoms with Gasteiger partial charge in [-0.1, -0.05) is 36.4 Å². The maximum atomic E-state index is 12.9. The van der Waals surface area contributed by atoms with Crippen LogP contribution in [0.1, 0.15) is 21.5 Å². The second-order valence-electron chi connectivity index (χ2n) is 6.38. The van der Waals surface area contributed by atoms with Crippen LogP contribution in [0.2, 0.25) is 0 Å². The number of carboxylic acid groups (broad SMARTS) is 1. The Labute approximate surface area is 175 Å². The molecular weight excluding hydrogens is 411 g/mol. The zero-order valence-corrected chi connectivity index (χ0v) is 15.9. The van der Waals surface area contributed by atoms with Gasteiger partial charge in [0.1, 0.15) is 17.2 Å². The van der Waals surface area contributed by atoms with E-state index in [0.29, 0.717) is 5.56 Å². The number of amides is 1. The molecule has 3 rings (SSSR count).